The van der Waals surface area contributed by atoms with Crippen molar-refractivity contribution < 1.29 is 9.90 Å². The van der Waals surface area contributed by atoms with E-state index < -0.39 is 0 Å². The standard InChI is InChI=1S/C13H17N7O2/c14-13-17-18-19-20(13)7-11(22)16-12(8-5-9(21)6-8)10-3-1-2-4-15-10/h1-4,8-9,12,21H,5-7H2,(H,16,22)(H2,14,17,19). The molecule has 0 aliphatic heterocycles. The molecule has 1 unspecified atom stereocenters. The number of aromatic nitrogens is 5. The molecule has 9 nitrogen and oxygen atoms in total. The van der Waals surface area contributed by atoms with E-state index >= 15 is 0 Å². The highest BCUT2D eigenvalue weighted by Gasteiger charge is 2.36. The first-order valence-electron chi connectivity index (χ1n) is 7.03. The number of rotatable bonds is 5. The lowest BCUT2D eigenvalue weighted by Crippen LogP contribution is -2.42. The van der Waals surface area contributed by atoms with Gasteiger partial charge in [0.1, 0.15) is 6.54 Å². The zero-order valence-electron chi connectivity index (χ0n) is 11.8. The van der Waals surface area contributed by atoms with Crippen molar-refractivity contribution in [1.29, 1.82) is 0 Å². The summed E-state index contributed by atoms with van der Waals surface area (Å²) in [5.41, 5.74) is 6.32. The Bertz CT molecular complexity index is 639. The molecule has 4 N–H and O–H groups in total. The second-order valence-corrected chi connectivity index (χ2v) is 5.38. The number of pyridine rings is 1. The highest BCUT2D eigenvalue weighted by atomic mass is 16.3. The summed E-state index contributed by atoms with van der Waals surface area (Å²) in [5.74, 6) is -0.000265. The van der Waals surface area contributed by atoms with Crippen LogP contribution in [0.5, 0.6) is 0 Å². The monoisotopic (exact) mass is 303 g/mol. The minimum absolute atomic E-state index is 0.0581. The maximum absolute atomic E-state index is 12.2. The van der Waals surface area contributed by atoms with Crippen LogP contribution in [0.1, 0.15) is 24.6 Å². The van der Waals surface area contributed by atoms with E-state index in [2.05, 4.69) is 25.8 Å². The number of nitrogens with zero attached hydrogens (tertiary/aromatic N) is 5. The zero-order valence-corrected chi connectivity index (χ0v) is 11.8. The van der Waals surface area contributed by atoms with E-state index in [1.165, 1.54) is 4.68 Å². The molecule has 22 heavy (non-hydrogen) atoms. The molecule has 3 rings (SSSR count). The van der Waals surface area contributed by atoms with Crippen molar-refractivity contribution >= 4 is 11.9 Å². The van der Waals surface area contributed by atoms with Gasteiger partial charge in [-0.3, -0.25) is 9.78 Å². The summed E-state index contributed by atoms with van der Waals surface area (Å²) in [6, 6.07) is 5.31. The minimum Gasteiger partial charge on any atom is -0.393 e. The van der Waals surface area contributed by atoms with Gasteiger partial charge in [0.25, 0.3) is 0 Å². The van der Waals surface area contributed by atoms with E-state index in [0.29, 0.717) is 12.8 Å². The van der Waals surface area contributed by atoms with E-state index in [-0.39, 0.29) is 36.5 Å². The molecule has 1 amide bonds. The Kier molecular flexibility index (Phi) is 3.96. The van der Waals surface area contributed by atoms with E-state index in [9.17, 15) is 9.90 Å². The number of tetrazole rings is 1. The second-order valence-electron chi connectivity index (χ2n) is 5.38. The number of hydrogen-bond donors (Lipinski definition) is 3. The van der Waals surface area contributed by atoms with Crippen molar-refractivity contribution in [2.24, 2.45) is 5.92 Å². The normalized spacial score (nSPS) is 21.9. The number of carbonyl (C=O) groups is 1. The summed E-state index contributed by atoms with van der Waals surface area (Å²) in [5, 5.41) is 23.0. The third kappa shape index (κ3) is 3.03. The average molecular weight is 303 g/mol. The van der Waals surface area contributed by atoms with Crippen molar-refractivity contribution in [3.8, 4) is 0 Å². The molecule has 1 saturated carbocycles. The lowest BCUT2D eigenvalue weighted by atomic mass is 9.76. The lowest BCUT2D eigenvalue weighted by Gasteiger charge is -2.37. The van der Waals surface area contributed by atoms with E-state index in [0.717, 1.165) is 5.69 Å². The predicted octanol–water partition coefficient (Wildman–Crippen LogP) is -0.721. The van der Waals surface area contributed by atoms with Crippen LogP contribution in [-0.2, 0) is 11.3 Å². The van der Waals surface area contributed by atoms with Crippen LogP contribution in [0.25, 0.3) is 0 Å². The van der Waals surface area contributed by atoms with E-state index in [1.807, 2.05) is 18.2 Å². The van der Waals surface area contributed by atoms with Gasteiger partial charge < -0.3 is 16.2 Å². The molecule has 0 radical (unpaired) electrons. The summed E-state index contributed by atoms with van der Waals surface area (Å²) in [7, 11) is 0. The summed E-state index contributed by atoms with van der Waals surface area (Å²) >= 11 is 0. The van der Waals surface area contributed by atoms with Gasteiger partial charge in [0.2, 0.25) is 11.9 Å². The summed E-state index contributed by atoms with van der Waals surface area (Å²) in [6.07, 6.45) is 2.68. The van der Waals surface area contributed by atoms with E-state index in [4.69, 9.17) is 5.73 Å². The number of nitrogen functional groups attached to an aromatic ring is 1. The largest absolute Gasteiger partial charge is 0.393 e. The van der Waals surface area contributed by atoms with Crippen LogP contribution in [0.4, 0.5) is 5.95 Å². The molecular formula is C13H17N7O2. The van der Waals surface area contributed by atoms with Crippen molar-refractivity contribution in [2.75, 3.05) is 5.73 Å². The predicted molar refractivity (Wildman–Crippen MR) is 76.1 cm³/mol. The van der Waals surface area contributed by atoms with Gasteiger partial charge in [-0.15, -0.1) is 0 Å². The molecule has 2 aromatic rings. The van der Waals surface area contributed by atoms with Gasteiger partial charge in [-0.1, -0.05) is 11.2 Å². The number of amides is 1. The Morgan fingerprint density at radius 1 is 1.50 bits per heavy atom. The number of hydrogen-bond acceptors (Lipinski definition) is 7. The van der Waals surface area contributed by atoms with Crippen LogP contribution < -0.4 is 11.1 Å². The van der Waals surface area contributed by atoms with Crippen LogP contribution in [0, 0.1) is 5.92 Å². The second kappa shape index (κ2) is 6.06. The smallest absolute Gasteiger partial charge is 0.242 e. The quantitative estimate of drug-likeness (QED) is 0.664. The third-order valence-electron chi connectivity index (χ3n) is 3.80. The molecule has 0 spiro atoms. The Morgan fingerprint density at radius 2 is 2.32 bits per heavy atom. The number of nitrogens with one attached hydrogen (secondary N) is 1. The number of aliphatic hydroxyl groups is 1. The van der Waals surface area contributed by atoms with Crippen LogP contribution in [0.3, 0.4) is 0 Å². The number of carbonyl (C=O) groups excluding carboxylic acids is 1. The first kappa shape index (κ1) is 14.4. The summed E-state index contributed by atoms with van der Waals surface area (Å²) in [4.78, 5) is 16.5. The molecule has 1 atom stereocenters. The Balaban J connectivity index is 1.70. The molecule has 116 valence electrons. The van der Waals surface area contributed by atoms with Gasteiger partial charge in [-0.05, 0) is 41.3 Å². The topological polar surface area (TPSA) is 132 Å². The molecule has 0 aromatic carbocycles. The van der Waals surface area contributed by atoms with Gasteiger partial charge in [0, 0.05) is 6.20 Å². The zero-order chi connectivity index (χ0) is 15.5. The molecular weight excluding hydrogens is 286 g/mol. The van der Waals surface area contributed by atoms with Gasteiger partial charge in [-0.2, -0.15) is 0 Å². The van der Waals surface area contributed by atoms with Crippen molar-refractivity contribution in [3.63, 3.8) is 0 Å². The maximum Gasteiger partial charge on any atom is 0.242 e. The SMILES string of the molecule is Nc1nnnn1CC(=O)NC(c1ccccn1)C1CC(O)C1. The number of aliphatic hydroxyl groups excluding tert-OH is 1. The Labute approximate surface area is 126 Å². The molecule has 2 heterocycles. The maximum atomic E-state index is 12.2. The fraction of sp³-hybridized carbons (Fsp3) is 0.462. The van der Waals surface area contributed by atoms with Crippen LogP contribution >= 0.6 is 0 Å². The van der Waals surface area contributed by atoms with Crippen molar-refractivity contribution in [2.45, 2.75) is 31.5 Å². The van der Waals surface area contributed by atoms with Crippen LogP contribution in [0.2, 0.25) is 0 Å². The fourth-order valence-electron chi connectivity index (χ4n) is 2.57. The van der Waals surface area contributed by atoms with Gasteiger partial charge >= 0.3 is 0 Å². The first-order valence-corrected chi connectivity index (χ1v) is 7.03. The fourth-order valence-corrected chi connectivity index (χ4v) is 2.57. The number of nitrogens with two attached hydrogens (primary N) is 1. The minimum atomic E-state index is -0.303. The Hall–Kier alpha value is -2.55. The van der Waals surface area contributed by atoms with Crippen LogP contribution in [0.15, 0.2) is 24.4 Å². The van der Waals surface area contributed by atoms with Crippen molar-refractivity contribution in [1.82, 2.24) is 30.5 Å². The Morgan fingerprint density at radius 3 is 2.91 bits per heavy atom. The summed E-state index contributed by atoms with van der Waals surface area (Å²) < 4.78 is 1.22. The average Bonchev–Trinajstić information content (AvgIpc) is 2.88. The molecule has 0 bridgehead atoms. The van der Waals surface area contributed by atoms with Gasteiger partial charge in [0.05, 0.1) is 17.8 Å². The molecule has 1 fully saturated rings. The third-order valence-corrected chi connectivity index (χ3v) is 3.80. The van der Waals surface area contributed by atoms with Gasteiger partial charge in [0.15, 0.2) is 0 Å². The molecule has 1 aliphatic carbocycles. The lowest BCUT2D eigenvalue weighted by molar-refractivity contribution is -0.123. The first-order chi connectivity index (χ1) is 10.6. The number of anilines is 1. The molecule has 0 saturated heterocycles. The van der Waals surface area contributed by atoms with Gasteiger partial charge in [-0.25, -0.2) is 4.68 Å². The van der Waals surface area contributed by atoms with Crippen LogP contribution in [-0.4, -0.2) is 42.3 Å². The molecule has 1 aliphatic rings. The van der Waals surface area contributed by atoms with Crippen molar-refractivity contribution in [3.05, 3.63) is 30.1 Å². The molecule has 2 aromatic heterocycles. The highest BCUT2D eigenvalue weighted by molar-refractivity contribution is 5.76. The highest BCUT2D eigenvalue weighted by Crippen LogP contribution is 2.37. The summed E-state index contributed by atoms with van der Waals surface area (Å²) in [6.45, 7) is -0.0581. The molecule has 9 heteroatoms. The van der Waals surface area contributed by atoms with E-state index in [1.54, 1.807) is 6.20 Å².